The molecule has 20 heavy (non-hydrogen) atoms. The van der Waals surface area contributed by atoms with Gasteiger partial charge in [0.2, 0.25) is 10.0 Å². The highest BCUT2D eigenvalue weighted by Crippen LogP contribution is 2.29. The number of nitrogens with one attached hydrogen (secondary N) is 1. The van der Waals surface area contributed by atoms with E-state index in [1.165, 1.54) is 12.7 Å². The fourth-order valence-electron chi connectivity index (χ4n) is 2.84. The molecule has 5 heteroatoms. The van der Waals surface area contributed by atoms with E-state index in [9.17, 15) is 8.42 Å². The molecule has 1 aliphatic carbocycles. The number of benzene rings is 1. The monoisotopic (exact) mass is 297 g/mol. The summed E-state index contributed by atoms with van der Waals surface area (Å²) in [6.07, 6.45) is 4.06. The van der Waals surface area contributed by atoms with Crippen LogP contribution in [0.15, 0.2) is 30.3 Å². The van der Waals surface area contributed by atoms with Gasteiger partial charge in [-0.1, -0.05) is 36.8 Å². The molecule has 1 aliphatic rings. The van der Waals surface area contributed by atoms with E-state index in [2.05, 4.69) is 16.9 Å². The van der Waals surface area contributed by atoms with Crippen molar-refractivity contribution in [1.82, 2.24) is 4.72 Å². The third-order valence-electron chi connectivity index (χ3n) is 3.89. The van der Waals surface area contributed by atoms with Crippen molar-refractivity contribution in [2.24, 2.45) is 5.92 Å². The molecule has 0 aromatic heterocycles. The molecule has 1 aromatic rings. The highest BCUT2D eigenvalue weighted by molar-refractivity contribution is 7.89. The minimum absolute atomic E-state index is 0.0397. The topological polar surface area (TPSA) is 55.4 Å². The Morgan fingerprint density at radius 2 is 2.00 bits per heavy atom. The van der Waals surface area contributed by atoms with Gasteiger partial charge < -0.3 is 4.74 Å². The lowest BCUT2D eigenvalue weighted by molar-refractivity contribution is 0.216. The van der Waals surface area contributed by atoms with Gasteiger partial charge in [-0.25, -0.2) is 13.1 Å². The second-order valence-electron chi connectivity index (χ2n) is 5.42. The molecule has 0 aliphatic heterocycles. The third kappa shape index (κ3) is 4.58. The van der Waals surface area contributed by atoms with Gasteiger partial charge in [-0.05, 0) is 30.7 Å². The van der Waals surface area contributed by atoms with Crippen LogP contribution in [-0.4, -0.2) is 33.9 Å². The summed E-state index contributed by atoms with van der Waals surface area (Å²) in [5, 5.41) is 0. The summed E-state index contributed by atoms with van der Waals surface area (Å²) in [6.45, 7) is 0.241. The molecular formula is C15H23NO3S. The van der Waals surface area contributed by atoms with Gasteiger partial charge in [-0.15, -0.1) is 0 Å². The summed E-state index contributed by atoms with van der Waals surface area (Å²) >= 11 is 0. The van der Waals surface area contributed by atoms with Crippen molar-refractivity contribution >= 4 is 10.0 Å². The third-order valence-corrected chi connectivity index (χ3v) is 5.25. The predicted molar refractivity (Wildman–Crippen MR) is 80.1 cm³/mol. The van der Waals surface area contributed by atoms with E-state index in [4.69, 9.17) is 4.74 Å². The summed E-state index contributed by atoms with van der Waals surface area (Å²) in [4.78, 5) is 0. The molecule has 1 aromatic carbocycles. The fourth-order valence-corrected chi connectivity index (χ4v) is 4.11. The molecule has 1 N–H and O–H groups in total. The lowest BCUT2D eigenvalue weighted by atomic mass is 9.95. The minimum atomic E-state index is -3.23. The Balaban J connectivity index is 1.94. The van der Waals surface area contributed by atoms with E-state index in [-0.39, 0.29) is 18.4 Å². The van der Waals surface area contributed by atoms with Crippen LogP contribution in [0, 0.1) is 5.92 Å². The van der Waals surface area contributed by atoms with Crippen molar-refractivity contribution in [3.8, 4) is 0 Å². The zero-order chi connectivity index (χ0) is 14.4. The Labute approximate surface area is 121 Å². The number of rotatable bonds is 7. The van der Waals surface area contributed by atoms with Crippen LogP contribution in [0.25, 0.3) is 0 Å². The molecule has 4 nitrogen and oxygen atoms in total. The smallest absolute Gasteiger partial charge is 0.214 e. The lowest BCUT2D eigenvalue weighted by Crippen LogP contribution is -2.40. The molecule has 2 atom stereocenters. The molecule has 0 heterocycles. The van der Waals surface area contributed by atoms with Crippen LogP contribution in [-0.2, 0) is 21.2 Å². The van der Waals surface area contributed by atoms with Crippen LogP contribution >= 0.6 is 0 Å². The van der Waals surface area contributed by atoms with E-state index < -0.39 is 10.0 Å². The van der Waals surface area contributed by atoms with Crippen molar-refractivity contribution in [2.75, 3.05) is 19.5 Å². The SMILES string of the molecule is COCCS(=O)(=O)N[C@H]1CCC[C@@H]1Cc1ccccc1. The van der Waals surface area contributed by atoms with E-state index in [0.717, 1.165) is 25.7 Å². The summed E-state index contributed by atoms with van der Waals surface area (Å²) in [7, 11) is -1.71. The van der Waals surface area contributed by atoms with Gasteiger partial charge in [0.1, 0.15) is 0 Å². The zero-order valence-corrected chi connectivity index (χ0v) is 12.7. The first-order chi connectivity index (χ1) is 9.61. The fraction of sp³-hybridized carbons (Fsp3) is 0.600. The van der Waals surface area contributed by atoms with Crippen molar-refractivity contribution in [2.45, 2.75) is 31.7 Å². The van der Waals surface area contributed by atoms with Gasteiger partial charge >= 0.3 is 0 Å². The Morgan fingerprint density at radius 1 is 1.25 bits per heavy atom. The summed E-state index contributed by atoms with van der Waals surface area (Å²) in [5.74, 6) is 0.438. The molecule has 0 saturated heterocycles. The molecule has 0 unspecified atom stereocenters. The van der Waals surface area contributed by atoms with Gasteiger partial charge in [0.15, 0.2) is 0 Å². The lowest BCUT2D eigenvalue weighted by Gasteiger charge is -2.21. The maximum absolute atomic E-state index is 12.0. The maximum atomic E-state index is 12.0. The van der Waals surface area contributed by atoms with Gasteiger partial charge in [-0.2, -0.15) is 0 Å². The standard InChI is InChI=1S/C15H23NO3S/c1-19-10-11-20(17,18)16-15-9-5-8-14(15)12-13-6-3-2-4-7-13/h2-4,6-7,14-16H,5,8-12H2,1H3/t14-,15+/m1/s1. The number of sulfonamides is 1. The molecule has 0 radical (unpaired) electrons. The number of hydrogen-bond donors (Lipinski definition) is 1. The number of ether oxygens (including phenoxy) is 1. The molecule has 0 spiro atoms. The largest absolute Gasteiger partial charge is 0.384 e. The molecule has 1 fully saturated rings. The maximum Gasteiger partial charge on any atom is 0.214 e. The van der Waals surface area contributed by atoms with Crippen LogP contribution in [0.2, 0.25) is 0 Å². The number of methoxy groups -OCH3 is 1. The Hall–Kier alpha value is -0.910. The first-order valence-electron chi connectivity index (χ1n) is 7.13. The van der Waals surface area contributed by atoms with Gasteiger partial charge in [0.25, 0.3) is 0 Å². The van der Waals surface area contributed by atoms with Crippen molar-refractivity contribution in [3.63, 3.8) is 0 Å². The summed E-state index contributed by atoms with van der Waals surface area (Å²) < 4.78 is 31.6. The van der Waals surface area contributed by atoms with Gasteiger partial charge in [0, 0.05) is 13.2 Å². The quantitative estimate of drug-likeness (QED) is 0.837. The normalized spacial score (nSPS) is 23.1. The second kappa shape index (κ2) is 7.20. The van der Waals surface area contributed by atoms with Crippen molar-refractivity contribution < 1.29 is 13.2 Å². The van der Waals surface area contributed by atoms with Crippen LogP contribution < -0.4 is 4.72 Å². The van der Waals surface area contributed by atoms with Gasteiger partial charge in [-0.3, -0.25) is 0 Å². The first-order valence-corrected chi connectivity index (χ1v) is 8.79. The highest BCUT2D eigenvalue weighted by Gasteiger charge is 2.30. The van der Waals surface area contributed by atoms with Gasteiger partial charge in [0.05, 0.1) is 12.4 Å². The van der Waals surface area contributed by atoms with Crippen molar-refractivity contribution in [3.05, 3.63) is 35.9 Å². The molecule has 0 bridgehead atoms. The first kappa shape index (κ1) is 15.5. The molecule has 0 amide bonds. The average Bonchev–Trinajstić information content (AvgIpc) is 2.84. The average molecular weight is 297 g/mol. The van der Waals surface area contributed by atoms with E-state index in [1.807, 2.05) is 18.2 Å². The van der Waals surface area contributed by atoms with E-state index in [0.29, 0.717) is 5.92 Å². The van der Waals surface area contributed by atoms with Crippen LogP contribution in [0.4, 0.5) is 0 Å². The van der Waals surface area contributed by atoms with Crippen LogP contribution in [0.5, 0.6) is 0 Å². The Kier molecular flexibility index (Phi) is 5.57. The van der Waals surface area contributed by atoms with E-state index in [1.54, 1.807) is 0 Å². The summed E-state index contributed by atoms with van der Waals surface area (Å²) in [5.41, 5.74) is 1.28. The minimum Gasteiger partial charge on any atom is -0.384 e. The number of hydrogen-bond acceptors (Lipinski definition) is 3. The Morgan fingerprint density at radius 3 is 2.70 bits per heavy atom. The zero-order valence-electron chi connectivity index (χ0n) is 11.9. The van der Waals surface area contributed by atoms with E-state index >= 15 is 0 Å². The van der Waals surface area contributed by atoms with Crippen LogP contribution in [0.3, 0.4) is 0 Å². The summed E-state index contributed by atoms with van der Waals surface area (Å²) in [6, 6.07) is 10.3. The predicted octanol–water partition coefficient (Wildman–Crippen LogP) is 1.96. The van der Waals surface area contributed by atoms with Crippen molar-refractivity contribution in [1.29, 1.82) is 0 Å². The second-order valence-corrected chi connectivity index (χ2v) is 7.29. The molecule has 1 saturated carbocycles. The Bertz CT molecular complexity index is 501. The molecule has 2 rings (SSSR count). The highest BCUT2D eigenvalue weighted by atomic mass is 32.2. The molecule has 112 valence electrons. The van der Waals surface area contributed by atoms with Crippen LogP contribution in [0.1, 0.15) is 24.8 Å². The molecular weight excluding hydrogens is 274 g/mol.